The largest absolute Gasteiger partial charge is 0.307 e. The Morgan fingerprint density at radius 3 is 2.48 bits per heavy atom. The van der Waals surface area contributed by atoms with Crippen molar-refractivity contribution >= 4 is 34.7 Å². The van der Waals surface area contributed by atoms with Crippen LogP contribution in [0, 0.1) is 27.2 Å². The molecule has 10 heteroatoms. The molecule has 9 nitrogen and oxygen atoms in total. The maximum absolute atomic E-state index is 12.2. The molecule has 0 aliphatic rings. The van der Waals surface area contributed by atoms with E-state index in [-0.39, 0.29) is 11.4 Å². The molecular formula is C13H9ClN4O5. The van der Waals surface area contributed by atoms with E-state index in [4.69, 9.17) is 11.6 Å². The molecule has 1 N–H and O–H groups in total. The molecule has 118 valence electrons. The summed E-state index contributed by atoms with van der Waals surface area (Å²) < 4.78 is 0. The molecule has 2 rings (SSSR count). The zero-order valence-corrected chi connectivity index (χ0v) is 12.4. The molecule has 0 atom stereocenters. The number of carbonyl (C=O) groups is 1. The number of nitro benzene ring substituents is 2. The van der Waals surface area contributed by atoms with Crippen molar-refractivity contribution in [3.63, 3.8) is 0 Å². The third-order valence-electron chi connectivity index (χ3n) is 2.82. The number of benzene rings is 1. The van der Waals surface area contributed by atoms with Crippen LogP contribution in [0.4, 0.5) is 17.2 Å². The number of hydrogen-bond donors (Lipinski definition) is 1. The summed E-state index contributed by atoms with van der Waals surface area (Å²) in [5, 5.41) is 23.7. The molecule has 0 fully saturated rings. The van der Waals surface area contributed by atoms with E-state index in [1.54, 1.807) is 19.1 Å². The molecule has 0 aliphatic carbocycles. The van der Waals surface area contributed by atoms with E-state index >= 15 is 0 Å². The van der Waals surface area contributed by atoms with Crippen LogP contribution >= 0.6 is 11.6 Å². The minimum Gasteiger partial charge on any atom is -0.307 e. The number of amides is 1. The van der Waals surface area contributed by atoms with E-state index in [0.717, 1.165) is 6.07 Å². The Balaban J connectivity index is 2.46. The molecule has 0 saturated heterocycles. The summed E-state index contributed by atoms with van der Waals surface area (Å²) in [5.74, 6) is -0.639. The van der Waals surface area contributed by atoms with Crippen LogP contribution in [0.5, 0.6) is 0 Å². The molecule has 2 aromatic rings. The van der Waals surface area contributed by atoms with Crippen LogP contribution in [0.3, 0.4) is 0 Å². The monoisotopic (exact) mass is 336 g/mol. The van der Waals surface area contributed by atoms with Crippen molar-refractivity contribution in [2.45, 2.75) is 6.92 Å². The van der Waals surface area contributed by atoms with E-state index in [2.05, 4.69) is 10.3 Å². The highest BCUT2D eigenvalue weighted by Crippen LogP contribution is 2.33. The highest BCUT2D eigenvalue weighted by Gasteiger charge is 2.26. The third-order valence-corrected chi connectivity index (χ3v) is 3.22. The van der Waals surface area contributed by atoms with Crippen molar-refractivity contribution in [1.82, 2.24) is 4.98 Å². The van der Waals surface area contributed by atoms with Crippen LogP contribution in [-0.2, 0) is 0 Å². The quantitative estimate of drug-likeness (QED) is 0.674. The molecule has 1 aromatic carbocycles. The maximum atomic E-state index is 12.2. The lowest BCUT2D eigenvalue weighted by Gasteiger charge is -2.07. The number of rotatable bonds is 4. The van der Waals surface area contributed by atoms with Gasteiger partial charge in [-0.05, 0) is 19.1 Å². The Morgan fingerprint density at radius 2 is 1.91 bits per heavy atom. The van der Waals surface area contributed by atoms with Gasteiger partial charge in [-0.1, -0.05) is 17.7 Å². The van der Waals surface area contributed by atoms with E-state index < -0.39 is 32.2 Å². The molecule has 0 spiro atoms. The summed E-state index contributed by atoms with van der Waals surface area (Å²) in [6.07, 6.45) is 0. The van der Waals surface area contributed by atoms with Crippen LogP contribution in [0.15, 0.2) is 30.3 Å². The molecular weight excluding hydrogens is 328 g/mol. The topological polar surface area (TPSA) is 128 Å². The molecule has 0 bridgehead atoms. The van der Waals surface area contributed by atoms with Gasteiger partial charge in [0.05, 0.1) is 21.5 Å². The molecule has 0 unspecified atom stereocenters. The minimum absolute atomic E-state index is 0.195. The zero-order chi connectivity index (χ0) is 17.1. The fraction of sp³-hybridized carbons (Fsp3) is 0.0769. The fourth-order valence-electron chi connectivity index (χ4n) is 1.79. The average molecular weight is 337 g/mol. The normalized spacial score (nSPS) is 10.2. The maximum Gasteiger partial charge on any atom is 0.295 e. The molecule has 1 aromatic heterocycles. The second-order valence-corrected chi connectivity index (χ2v) is 4.84. The van der Waals surface area contributed by atoms with Gasteiger partial charge in [-0.2, -0.15) is 0 Å². The number of aryl methyl sites for hydroxylation is 1. The first-order chi connectivity index (χ1) is 10.8. The molecule has 23 heavy (non-hydrogen) atoms. The SMILES string of the molecule is Cc1cccc(NC(=O)c2cc([N+](=O)[O-])cc([N+](=O)[O-])c2Cl)n1. The van der Waals surface area contributed by atoms with Crippen molar-refractivity contribution in [2.24, 2.45) is 0 Å². The Bertz CT molecular complexity index is 824. The highest BCUT2D eigenvalue weighted by molar-refractivity contribution is 6.36. The second kappa shape index (κ2) is 6.36. The number of non-ortho nitro benzene ring substituents is 1. The number of nitrogens with one attached hydrogen (secondary N) is 1. The van der Waals surface area contributed by atoms with E-state index in [9.17, 15) is 25.0 Å². The van der Waals surface area contributed by atoms with Crippen molar-refractivity contribution < 1.29 is 14.6 Å². The first kappa shape index (κ1) is 16.3. The third kappa shape index (κ3) is 3.58. The molecule has 0 aliphatic heterocycles. The second-order valence-electron chi connectivity index (χ2n) is 4.46. The predicted octanol–water partition coefficient (Wildman–Crippen LogP) is 3.11. The van der Waals surface area contributed by atoms with Gasteiger partial charge in [-0.25, -0.2) is 4.98 Å². The number of nitrogens with zero attached hydrogens (tertiary/aromatic N) is 3. The molecule has 1 heterocycles. The van der Waals surface area contributed by atoms with Crippen molar-refractivity contribution in [2.75, 3.05) is 5.32 Å². The van der Waals surface area contributed by atoms with Gasteiger partial charge in [0, 0.05) is 11.8 Å². The summed E-state index contributed by atoms with van der Waals surface area (Å²) in [4.78, 5) is 36.3. The van der Waals surface area contributed by atoms with Gasteiger partial charge >= 0.3 is 0 Å². The van der Waals surface area contributed by atoms with Gasteiger partial charge < -0.3 is 5.32 Å². The number of anilines is 1. The van der Waals surface area contributed by atoms with Crippen molar-refractivity contribution in [3.8, 4) is 0 Å². The van der Waals surface area contributed by atoms with Gasteiger partial charge in [0.2, 0.25) is 0 Å². The Morgan fingerprint density at radius 1 is 1.22 bits per heavy atom. The first-order valence-corrected chi connectivity index (χ1v) is 6.54. The van der Waals surface area contributed by atoms with Crippen LogP contribution in [0.1, 0.15) is 16.1 Å². The number of aromatic nitrogens is 1. The van der Waals surface area contributed by atoms with E-state index in [1.165, 1.54) is 6.07 Å². The lowest BCUT2D eigenvalue weighted by atomic mass is 10.1. The van der Waals surface area contributed by atoms with Crippen LogP contribution < -0.4 is 5.32 Å². The lowest BCUT2D eigenvalue weighted by molar-refractivity contribution is -0.394. The van der Waals surface area contributed by atoms with E-state index in [1.807, 2.05) is 0 Å². The summed E-state index contributed by atoms with van der Waals surface area (Å²) in [5.41, 5.74) is -1.07. The van der Waals surface area contributed by atoms with Crippen LogP contribution in [0.25, 0.3) is 0 Å². The average Bonchev–Trinajstić information content (AvgIpc) is 2.46. The number of halogens is 1. The number of hydrogen-bond acceptors (Lipinski definition) is 6. The summed E-state index contributed by atoms with van der Waals surface area (Å²) >= 11 is 5.83. The lowest BCUT2D eigenvalue weighted by Crippen LogP contribution is -2.14. The van der Waals surface area contributed by atoms with Crippen LogP contribution in [-0.4, -0.2) is 20.7 Å². The summed E-state index contributed by atoms with van der Waals surface area (Å²) in [7, 11) is 0. The first-order valence-electron chi connectivity index (χ1n) is 6.17. The molecule has 1 amide bonds. The minimum atomic E-state index is -0.892. The Labute approximate surface area is 134 Å². The van der Waals surface area contributed by atoms with Gasteiger partial charge in [0.15, 0.2) is 0 Å². The van der Waals surface area contributed by atoms with Crippen molar-refractivity contribution in [1.29, 1.82) is 0 Å². The van der Waals surface area contributed by atoms with Gasteiger partial charge in [-0.15, -0.1) is 0 Å². The summed E-state index contributed by atoms with van der Waals surface area (Å²) in [6, 6.07) is 6.44. The number of carbonyl (C=O) groups excluding carboxylic acids is 1. The van der Waals surface area contributed by atoms with Gasteiger partial charge in [-0.3, -0.25) is 25.0 Å². The van der Waals surface area contributed by atoms with Gasteiger partial charge in [0.25, 0.3) is 17.3 Å². The van der Waals surface area contributed by atoms with Crippen LogP contribution in [0.2, 0.25) is 5.02 Å². The number of pyridine rings is 1. The smallest absolute Gasteiger partial charge is 0.295 e. The Hall–Kier alpha value is -3.07. The predicted molar refractivity (Wildman–Crippen MR) is 81.7 cm³/mol. The van der Waals surface area contributed by atoms with Crippen molar-refractivity contribution in [3.05, 3.63) is 66.8 Å². The van der Waals surface area contributed by atoms with E-state index in [0.29, 0.717) is 11.8 Å². The Kier molecular flexibility index (Phi) is 4.51. The summed E-state index contributed by atoms with van der Waals surface area (Å²) in [6.45, 7) is 1.71. The fourth-order valence-corrected chi connectivity index (χ4v) is 2.06. The van der Waals surface area contributed by atoms with Gasteiger partial charge in [0.1, 0.15) is 10.8 Å². The standard InChI is InChI=1S/C13H9ClN4O5/c1-7-3-2-4-11(15-7)16-13(19)9-5-8(17(20)21)6-10(12(9)14)18(22)23/h2-6H,1H3,(H,15,16,19). The highest BCUT2D eigenvalue weighted by atomic mass is 35.5. The molecule has 0 saturated carbocycles. The number of nitro groups is 2. The molecule has 0 radical (unpaired) electrons. The zero-order valence-electron chi connectivity index (χ0n) is 11.6.